The quantitative estimate of drug-likeness (QED) is 0.502. The minimum Gasteiger partial charge on any atom is -0.260 e. The molecule has 1 aliphatic heterocycles. The molecular weight excluding hydrogens is 298 g/mol. The van der Waals surface area contributed by atoms with Crippen LogP contribution < -0.4 is 0 Å². The predicted molar refractivity (Wildman–Crippen MR) is 99.0 cm³/mol. The van der Waals surface area contributed by atoms with Gasteiger partial charge in [0.05, 0.1) is 5.69 Å². The second-order valence-electron chi connectivity index (χ2n) is 7.33. The van der Waals surface area contributed by atoms with Crippen LogP contribution in [-0.4, -0.2) is 4.98 Å². The van der Waals surface area contributed by atoms with Gasteiger partial charge in [0.1, 0.15) is 0 Å². The molecule has 0 aliphatic carbocycles. The van der Waals surface area contributed by atoms with Crippen LogP contribution in [0.15, 0.2) is 59.6 Å². The SMILES string of the molecule is CC(C)(C)C1c2cccnc2CSc2c1ccc1ccccc21. The van der Waals surface area contributed by atoms with Crippen LogP contribution in [0.25, 0.3) is 10.8 Å². The number of pyridine rings is 1. The number of hydrogen-bond acceptors (Lipinski definition) is 2. The van der Waals surface area contributed by atoms with Crippen molar-refractivity contribution < 1.29 is 0 Å². The summed E-state index contributed by atoms with van der Waals surface area (Å²) in [6, 6.07) is 17.7. The van der Waals surface area contributed by atoms with Crippen molar-refractivity contribution in [1.29, 1.82) is 0 Å². The summed E-state index contributed by atoms with van der Waals surface area (Å²) in [5, 5.41) is 2.70. The average molecular weight is 319 g/mol. The average Bonchev–Trinajstić information content (AvgIpc) is 2.71. The second kappa shape index (κ2) is 5.38. The van der Waals surface area contributed by atoms with Gasteiger partial charge in [0.25, 0.3) is 0 Å². The summed E-state index contributed by atoms with van der Waals surface area (Å²) in [5.41, 5.74) is 4.23. The lowest BCUT2D eigenvalue weighted by Crippen LogP contribution is -2.21. The standard InChI is InChI=1S/C21H21NS/c1-21(2,3)19-16-9-6-12-22-18(16)13-23-20-15-8-5-4-7-14(15)10-11-17(19)20/h4-12,19H,13H2,1-3H3. The van der Waals surface area contributed by atoms with Crippen LogP contribution in [-0.2, 0) is 5.75 Å². The molecule has 2 heteroatoms. The molecule has 2 heterocycles. The molecule has 1 aromatic heterocycles. The lowest BCUT2D eigenvalue weighted by atomic mass is 9.72. The highest BCUT2D eigenvalue weighted by atomic mass is 32.2. The second-order valence-corrected chi connectivity index (χ2v) is 8.32. The van der Waals surface area contributed by atoms with Gasteiger partial charge >= 0.3 is 0 Å². The minimum absolute atomic E-state index is 0.153. The van der Waals surface area contributed by atoms with Crippen LogP contribution in [0.2, 0.25) is 0 Å². The first-order valence-electron chi connectivity index (χ1n) is 8.14. The Morgan fingerprint density at radius 2 is 1.78 bits per heavy atom. The van der Waals surface area contributed by atoms with Crippen LogP contribution in [0.4, 0.5) is 0 Å². The molecule has 0 fully saturated rings. The smallest absolute Gasteiger partial charge is 0.0544 e. The first-order chi connectivity index (χ1) is 11.1. The lowest BCUT2D eigenvalue weighted by molar-refractivity contribution is 0.354. The van der Waals surface area contributed by atoms with Gasteiger partial charge in [-0.25, -0.2) is 0 Å². The number of benzene rings is 2. The van der Waals surface area contributed by atoms with Crippen molar-refractivity contribution in [3.63, 3.8) is 0 Å². The molecule has 1 nitrogen and oxygen atoms in total. The van der Waals surface area contributed by atoms with Crippen molar-refractivity contribution in [2.45, 2.75) is 37.3 Å². The van der Waals surface area contributed by atoms with E-state index in [0.29, 0.717) is 5.92 Å². The molecule has 1 unspecified atom stereocenters. The van der Waals surface area contributed by atoms with Gasteiger partial charge in [0, 0.05) is 22.8 Å². The zero-order valence-electron chi connectivity index (χ0n) is 13.8. The Bertz CT molecular complexity index is 876. The van der Waals surface area contributed by atoms with Gasteiger partial charge in [-0.3, -0.25) is 4.98 Å². The molecule has 0 amide bonds. The van der Waals surface area contributed by atoms with E-state index in [1.807, 2.05) is 18.0 Å². The largest absolute Gasteiger partial charge is 0.260 e. The number of fused-ring (bicyclic) bond motifs is 4. The summed E-state index contributed by atoms with van der Waals surface area (Å²) in [4.78, 5) is 6.12. The number of thioether (sulfide) groups is 1. The van der Waals surface area contributed by atoms with E-state index in [2.05, 4.69) is 74.3 Å². The Morgan fingerprint density at radius 3 is 2.61 bits per heavy atom. The van der Waals surface area contributed by atoms with Crippen molar-refractivity contribution in [2.24, 2.45) is 5.41 Å². The number of nitrogens with zero attached hydrogens (tertiary/aromatic N) is 1. The molecule has 23 heavy (non-hydrogen) atoms. The molecule has 3 aromatic rings. The zero-order valence-corrected chi connectivity index (χ0v) is 14.7. The molecule has 0 spiro atoms. The van der Waals surface area contributed by atoms with E-state index in [4.69, 9.17) is 0 Å². The lowest BCUT2D eigenvalue weighted by Gasteiger charge is -2.32. The van der Waals surface area contributed by atoms with Gasteiger partial charge in [-0.15, -0.1) is 11.8 Å². The summed E-state index contributed by atoms with van der Waals surface area (Å²) in [7, 11) is 0. The van der Waals surface area contributed by atoms with E-state index in [0.717, 1.165) is 5.75 Å². The molecule has 1 atom stereocenters. The Kier molecular flexibility index (Phi) is 3.46. The fourth-order valence-corrected chi connectivity index (χ4v) is 4.94. The summed E-state index contributed by atoms with van der Waals surface area (Å²) >= 11 is 1.94. The van der Waals surface area contributed by atoms with E-state index < -0.39 is 0 Å². The molecule has 0 bridgehead atoms. The molecule has 4 rings (SSSR count). The van der Waals surface area contributed by atoms with Crippen molar-refractivity contribution in [1.82, 2.24) is 4.98 Å². The van der Waals surface area contributed by atoms with E-state index in [-0.39, 0.29) is 5.41 Å². The normalized spacial score (nSPS) is 17.4. The van der Waals surface area contributed by atoms with Gasteiger partial charge in [0.2, 0.25) is 0 Å². The Labute approximate surface area is 142 Å². The molecular formula is C21H21NS. The van der Waals surface area contributed by atoms with Crippen LogP contribution >= 0.6 is 11.8 Å². The van der Waals surface area contributed by atoms with Gasteiger partial charge in [-0.05, 0) is 33.4 Å². The number of rotatable bonds is 0. The van der Waals surface area contributed by atoms with E-state index in [1.165, 1.54) is 32.5 Å². The predicted octanol–water partition coefficient (Wildman–Crippen LogP) is 6.02. The third-order valence-corrected chi connectivity index (χ3v) is 5.84. The molecule has 2 aromatic carbocycles. The number of aromatic nitrogens is 1. The fraction of sp³-hybridized carbons (Fsp3) is 0.286. The van der Waals surface area contributed by atoms with Crippen LogP contribution in [0.5, 0.6) is 0 Å². The summed E-state index contributed by atoms with van der Waals surface area (Å²) < 4.78 is 0. The highest BCUT2D eigenvalue weighted by Gasteiger charge is 2.34. The van der Waals surface area contributed by atoms with Crippen LogP contribution in [0.1, 0.15) is 43.5 Å². The minimum atomic E-state index is 0.153. The molecule has 116 valence electrons. The third-order valence-electron chi connectivity index (χ3n) is 4.68. The van der Waals surface area contributed by atoms with Gasteiger partial charge in [-0.1, -0.05) is 63.2 Å². The highest BCUT2D eigenvalue weighted by Crippen LogP contribution is 2.49. The van der Waals surface area contributed by atoms with Crippen LogP contribution in [0.3, 0.4) is 0 Å². The maximum absolute atomic E-state index is 4.69. The van der Waals surface area contributed by atoms with E-state index >= 15 is 0 Å². The summed E-state index contributed by atoms with van der Waals surface area (Å²) in [5.74, 6) is 1.32. The molecule has 1 aliphatic rings. The fourth-order valence-electron chi connectivity index (χ4n) is 3.72. The van der Waals surface area contributed by atoms with E-state index in [1.54, 1.807) is 0 Å². The molecule has 0 N–H and O–H groups in total. The highest BCUT2D eigenvalue weighted by molar-refractivity contribution is 7.98. The third kappa shape index (κ3) is 2.46. The summed E-state index contributed by atoms with van der Waals surface area (Å²) in [6.07, 6.45) is 1.92. The Morgan fingerprint density at radius 1 is 0.957 bits per heavy atom. The van der Waals surface area contributed by atoms with Crippen molar-refractivity contribution in [3.8, 4) is 0 Å². The topological polar surface area (TPSA) is 12.9 Å². The first kappa shape index (κ1) is 14.8. The van der Waals surface area contributed by atoms with Crippen molar-refractivity contribution in [3.05, 3.63) is 71.5 Å². The maximum atomic E-state index is 4.69. The molecule has 0 radical (unpaired) electrons. The molecule has 0 saturated heterocycles. The number of hydrogen-bond donors (Lipinski definition) is 0. The van der Waals surface area contributed by atoms with Crippen LogP contribution in [0, 0.1) is 5.41 Å². The van der Waals surface area contributed by atoms with Gasteiger partial charge in [-0.2, -0.15) is 0 Å². The van der Waals surface area contributed by atoms with Gasteiger partial charge < -0.3 is 0 Å². The van der Waals surface area contributed by atoms with Gasteiger partial charge in [0.15, 0.2) is 0 Å². The maximum Gasteiger partial charge on any atom is 0.0544 e. The van der Waals surface area contributed by atoms with Crippen molar-refractivity contribution in [2.75, 3.05) is 0 Å². The summed E-state index contributed by atoms with van der Waals surface area (Å²) in [6.45, 7) is 7.01. The van der Waals surface area contributed by atoms with E-state index in [9.17, 15) is 0 Å². The van der Waals surface area contributed by atoms with Crippen molar-refractivity contribution >= 4 is 22.5 Å². The molecule has 0 saturated carbocycles. The zero-order chi connectivity index (χ0) is 16.0. The Hall–Kier alpha value is -1.80. The Balaban J connectivity index is 2.04. The first-order valence-corrected chi connectivity index (χ1v) is 9.12. The monoisotopic (exact) mass is 319 g/mol.